The molecule has 0 unspecified atom stereocenters. The van der Waals surface area contributed by atoms with Crippen molar-refractivity contribution in [3.63, 3.8) is 0 Å². The van der Waals surface area contributed by atoms with E-state index in [-0.39, 0.29) is 5.41 Å². The van der Waals surface area contributed by atoms with Crippen LogP contribution >= 0.6 is 0 Å². The third-order valence-electron chi connectivity index (χ3n) is 3.16. The molecule has 0 amide bonds. The minimum Gasteiger partial charge on any atom is -0.252 e. The van der Waals surface area contributed by atoms with Crippen molar-refractivity contribution in [2.45, 2.75) is 32.6 Å². The Labute approximate surface area is 103 Å². The average Bonchev–Trinajstić information content (AvgIpc) is 2.29. The smallest absolute Gasteiger partial charge is 0.0708 e. The van der Waals surface area contributed by atoms with Gasteiger partial charge in [-0.25, -0.2) is 0 Å². The van der Waals surface area contributed by atoms with E-state index in [2.05, 4.69) is 44.9 Å². The maximum absolute atomic E-state index is 5.42. The number of hydrogen-bond donors (Lipinski definition) is 0. The summed E-state index contributed by atoms with van der Waals surface area (Å²) in [4.78, 5) is 4.73. The van der Waals surface area contributed by atoms with E-state index in [9.17, 15) is 0 Å². The second-order valence-electron chi connectivity index (χ2n) is 5.11. The van der Waals surface area contributed by atoms with Gasteiger partial charge in [-0.15, -0.1) is 12.3 Å². The minimum absolute atomic E-state index is 0.0659. The van der Waals surface area contributed by atoms with Crippen LogP contribution in [0, 0.1) is 19.3 Å². The van der Waals surface area contributed by atoms with Crippen molar-refractivity contribution in [1.82, 2.24) is 4.98 Å². The van der Waals surface area contributed by atoms with Crippen molar-refractivity contribution >= 4 is 10.9 Å². The van der Waals surface area contributed by atoms with Crippen LogP contribution in [0.3, 0.4) is 0 Å². The number of aryl methyl sites for hydroxylation is 1. The summed E-state index contributed by atoms with van der Waals surface area (Å²) in [5.41, 5.74) is 3.32. The zero-order valence-corrected chi connectivity index (χ0v) is 10.6. The van der Waals surface area contributed by atoms with Gasteiger partial charge in [0, 0.05) is 22.9 Å². The van der Waals surface area contributed by atoms with Crippen molar-refractivity contribution < 1.29 is 0 Å². The molecule has 0 spiro atoms. The van der Waals surface area contributed by atoms with Gasteiger partial charge in [0.1, 0.15) is 0 Å². The number of hydrogen-bond acceptors (Lipinski definition) is 1. The average molecular weight is 223 g/mol. The van der Waals surface area contributed by atoms with E-state index in [0.717, 1.165) is 11.2 Å². The highest BCUT2D eigenvalue weighted by Gasteiger charge is 2.21. The van der Waals surface area contributed by atoms with Crippen molar-refractivity contribution in [3.8, 4) is 12.3 Å². The summed E-state index contributed by atoms with van der Waals surface area (Å²) in [6.45, 7) is 6.41. The first-order chi connectivity index (χ1) is 8.04. The molecule has 0 saturated heterocycles. The van der Waals surface area contributed by atoms with Crippen molar-refractivity contribution in [2.75, 3.05) is 0 Å². The SMILES string of the molecule is C#CCC(C)(C)c1cc(C)c2ccccc2n1. The van der Waals surface area contributed by atoms with Gasteiger partial charge in [-0.05, 0) is 24.6 Å². The van der Waals surface area contributed by atoms with Gasteiger partial charge in [0.05, 0.1) is 5.52 Å². The first-order valence-corrected chi connectivity index (χ1v) is 5.85. The molecule has 2 rings (SSSR count). The first-order valence-electron chi connectivity index (χ1n) is 5.85. The summed E-state index contributed by atoms with van der Waals surface area (Å²) in [7, 11) is 0. The highest BCUT2D eigenvalue weighted by molar-refractivity contribution is 5.82. The lowest BCUT2D eigenvalue weighted by Gasteiger charge is -2.22. The number of para-hydroxylation sites is 1. The number of nitrogens with zero attached hydrogens (tertiary/aromatic N) is 1. The normalized spacial score (nSPS) is 11.4. The Morgan fingerprint density at radius 3 is 2.71 bits per heavy atom. The van der Waals surface area contributed by atoms with Gasteiger partial charge in [-0.1, -0.05) is 32.0 Å². The molecule has 17 heavy (non-hydrogen) atoms. The Balaban J connectivity index is 2.62. The van der Waals surface area contributed by atoms with Gasteiger partial charge in [-0.3, -0.25) is 4.98 Å². The van der Waals surface area contributed by atoms with Crippen molar-refractivity contribution in [2.24, 2.45) is 0 Å². The lowest BCUT2D eigenvalue weighted by molar-refractivity contribution is 0.526. The fourth-order valence-electron chi connectivity index (χ4n) is 2.04. The van der Waals surface area contributed by atoms with Crippen LogP contribution in [-0.2, 0) is 5.41 Å². The van der Waals surface area contributed by atoms with Crippen LogP contribution in [0.5, 0.6) is 0 Å². The molecule has 0 saturated carbocycles. The summed E-state index contributed by atoms with van der Waals surface area (Å²) < 4.78 is 0. The predicted molar refractivity (Wildman–Crippen MR) is 73.0 cm³/mol. The molecule has 0 radical (unpaired) electrons. The van der Waals surface area contributed by atoms with Crippen LogP contribution in [-0.4, -0.2) is 4.98 Å². The van der Waals surface area contributed by atoms with E-state index in [1.165, 1.54) is 10.9 Å². The Morgan fingerprint density at radius 1 is 1.29 bits per heavy atom. The summed E-state index contributed by atoms with van der Waals surface area (Å²) in [5.74, 6) is 2.73. The highest BCUT2D eigenvalue weighted by atomic mass is 14.7. The molecule has 1 nitrogen and oxygen atoms in total. The molecular formula is C16H17N. The van der Waals surface area contributed by atoms with Gasteiger partial charge in [0.15, 0.2) is 0 Å². The fourth-order valence-corrected chi connectivity index (χ4v) is 2.04. The van der Waals surface area contributed by atoms with E-state index >= 15 is 0 Å². The predicted octanol–water partition coefficient (Wildman–Crippen LogP) is 3.84. The quantitative estimate of drug-likeness (QED) is 0.705. The zero-order chi connectivity index (χ0) is 12.5. The standard InChI is InChI=1S/C16H17N/c1-5-10-16(3,4)15-11-12(2)13-8-6-7-9-14(13)17-15/h1,6-9,11H,10H2,2-4H3. The summed E-state index contributed by atoms with van der Waals surface area (Å²) in [6.07, 6.45) is 6.13. The zero-order valence-electron chi connectivity index (χ0n) is 10.6. The monoisotopic (exact) mass is 223 g/mol. The Morgan fingerprint density at radius 2 is 2.00 bits per heavy atom. The molecular weight excluding hydrogens is 206 g/mol. The summed E-state index contributed by atoms with van der Waals surface area (Å²) >= 11 is 0. The molecule has 0 atom stereocenters. The van der Waals surface area contributed by atoms with Crippen LogP contribution in [0.4, 0.5) is 0 Å². The number of terminal acetylenes is 1. The number of benzene rings is 1. The molecule has 86 valence electrons. The largest absolute Gasteiger partial charge is 0.252 e. The summed E-state index contributed by atoms with van der Waals surface area (Å²) in [6, 6.07) is 10.4. The topological polar surface area (TPSA) is 12.9 Å². The maximum atomic E-state index is 5.42. The Bertz CT molecular complexity index is 588. The molecule has 1 aromatic heterocycles. The third kappa shape index (κ3) is 2.17. The maximum Gasteiger partial charge on any atom is 0.0708 e. The molecule has 0 aliphatic rings. The van der Waals surface area contributed by atoms with E-state index in [1.807, 2.05) is 12.1 Å². The first kappa shape index (κ1) is 11.7. The molecule has 0 aliphatic heterocycles. The molecule has 1 heterocycles. The van der Waals surface area contributed by atoms with Crippen LogP contribution in [0.25, 0.3) is 10.9 Å². The third-order valence-corrected chi connectivity index (χ3v) is 3.16. The number of fused-ring (bicyclic) bond motifs is 1. The van der Waals surface area contributed by atoms with Gasteiger partial charge in [0.25, 0.3) is 0 Å². The summed E-state index contributed by atoms with van der Waals surface area (Å²) in [5, 5.41) is 1.22. The molecule has 1 aromatic carbocycles. The molecule has 0 N–H and O–H groups in total. The molecule has 0 fully saturated rings. The van der Waals surface area contributed by atoms with E-state index in [4.69, 9.17) is 11.4 Å². The van der Waals surface area contributed by atoms with Gasteiger partial charge in [0.2, 0.25) is 0 Å². The van der Waals surface area contributed by atoms with E-state index in [1.54, 1.807) is 0 Å². The lowest BCUT2D eigenvalue weighted by atomic mass is 9.84. The van der Waals surface area contributed by atoms with E-state index < -0.39 is 0 Å². The Kier molecular flexibility index (Phi) is 2.90. The van der Waals surface area contributed by atoms with Crippen LogP contribution in [0.2, 0.25) is 0 Å². The van der Waals surface area contributed by atoms with Crippen LogP contribution in [0.1, 0.15) is 31.5 Å². The minimum atomic E-state index is -0.0659. The molecule has 1 heteroatoms. The lowest BCUT2D eigenvalue weighted by Crippen LogP contribution is -2.18. The fraction of sp³-hybridized carbons (Fsp3) is 0.312. The van der Waals surface area contributed by atoms with Gasteiger partial charge in [-0.2, -0.15) is 0 Å². The second-order valence-corrected chi connectivity index (χ2v) is 5.11. The van der Waals surface area contributed by atoms with Gasteiger partial charge < -0.3 is 0 Å². The number of pyridine rings is 1. The highest BCUT2D eigenvalue weighted by Crippen LogP contribution is 2.28. The van der Waals surface area contributed by atoms with Crippen LogP contribution in [0.15, 0.2) is 30.3 Å². The number of rotatable bonds is 2. The molecule has 0 bridgehead atoms. The van der Waals surface area contributed by atoms with Crippen molar-refractivity contribution in [1.29, 1.82) is 0 Å². The van der Waals surface area contributed by atoms with Crippen LogP contribution < -0.4 is 0 Å². The van der Waals surface area contributed by atoms with Gasteiger partial charge >= 0.3 is 0 Å². The molecule has 0 aliphatic carbocycles. The van der Waals surface area contributed by atoms with Crippen molar-refractivity contribution in [3.05, 3.63) is 41.6 Å². The van der Waals surface area contributed by atoms with E-state index in [0.29, 0.717) is 6.42 Å². The second kappa shape index (κ2) is 4.22. The number of aromatic nitrogens is 1. The molecule has 2 aromatic rings. The Hall–Kier alpha value is -1.81.